The number of rotatable bonds is 7. The number of carbonyl (C=O) groups excluding carboxylic acids is 1. The molecule has 8 nitrogen and oxygen atoms in total. The first-order valence-corrected chi connectivity index (χ1v) is 9.80. The normalized spacial score (nSPS) is 15.6. The highest BCUT2D eigenvalue weighted by Gasteiger charge is 2.24. The van der Waals surface area contributed by atoms with E-state index in [1.807, 2.05) is 48.5 Å². The second kappa shape index (κ2) is 8.69. The summed E-state index contributed by atoms with van der Waals surface area (Å²) in [5, 5.41) is 14.0. The van der Waals surface area contributed by atoms with Gasteiger partial charge in [0.25, 0.3) is 11.5 Å². The number of carbonyl (C=O) groups is 1. The molecule has 1 amide bonds. The van der Waals surface area contributed by atoms with Crippen molar-refractivity contribution in [2.24, 2.45) is 9.98 Å². The summed E-state index contributed by atoms with van der Waals surface area (Å²) in [6, 6.07) is 17.0. The van der Waals surface area contributed by atoms with Gasteiger partial charge in [0.1, 0.15) is 5.71 Å². The van der Waals surface area contributed by atoms with Gasteiger partial charge >= 0.3 is 0 Å². The molecule has 8 heteroatoms. The van der Waals surface area contributed by atoms with Crippen LogP contribution in [0.4, 0.5) is 5.82 Å². The van der Waals surface area contributed by atoms with Crippen LogP contribution in [-0.4, -0.2) is 40.6 Å². The van der Waals surface area contributed by atoms with Gasteiger partial charge in [-0.1, -0.05) is 48.5 Å². The lowest BCUT2D eigenvalue weighted by molar-refractivity contribution is -0.114. The number of anilines is 1. The van der Waals surface area contributed by atoms with Crippen molar-refractivity contribution in [3.63, 3.8) is 0 Å². The maximum atomic E-state index is 12.5. The Morgan fingerprint density at radius 3 is 2.53 bits per heavy atom. The molecule has 0 saturated carbocycles. The maximum absolute atomic E-state index is 12.5. The highest BCUT2D eigenvalue weighted by molar-refractivity contribution is 6.67. The van der Waals surface area contributed by atoms with E-state index in [0.717, 1.165) is 10.9 Å². The van der Waals surface area contributed by atoms with Crippen LogP contribution in [0.5, 0.6) is 0 Å². The van der Waals surface area contributed by atoms with Crippen LogP contribution in [0.1, 0.15) is 25.1 Å². The molecule has 0 aliphatic carbocycles. The number of aromatic amines is 1. The molecule has 0 fully saturated rings. The summed E-state index contributed by atoms with van der Waals surface area (Å²) >= 11 is 0. The Balaban J connectivity index is 1.29. The molecule has 1 aliphatic rings. The van der Waals surface area contributed by atoms with Gasteiger partial charge in [0, 0.05) is 18.5 Å². The van der Waals surface area contributed by atoms with Crippen molar-refractivity contribution in [3.05, 3.63) is 70.5 Å². The quantitative estimate of drug-likeness (QED) is 0.527. The molecule has 30 heavy (non-hydrogen) atoms. The van der Waals surface area contributed by atoms with Crippen molar-refractivity contribution in [2.45, 2.75) is 19.5 Å². The van der Waals surface area contributed by atoms with Crippen LogP contribution >= 0.6 is 0 Å². The van der Waals surface area contributed by atoms with E-state index < -0.39 is 0 Å². The van der Waals surface area contributed by atoms with Crippen LogP contribution in [0.15, 0.2) is 69.4 Å². The molecule has 1 aromatic heterocycles. The molecule has 3 aromatic rings. The van der Waals surface area contributed by atoms with Crippen LogP contribution < -0.4 is 16.2 Å². The first kappa shape index (κ1) is 19.5. The van der Waals surface area contributed by atoms with Gasteiger partial charge in [-0.05, 0) is 25.0 Å². The number of hydrogen-bond acceptors (Lipinski definition) is 6. The second-order valence-electron chi connectivity index (χ2n) is 6.96. The monoisotopic (exact) mass is 402 g/mol. The average molecular weight is 402 g/mol. The fourth-order valence-electron chi connectivity index (χ4n) is 3.32. The van der Waals surface area contributed by atoms with Gasteiger partial charge in [-0.2, -0.15) is 5.10 Å². The van der Waals surface area contributed by atoms with Crippen molar-refractivity contribution in [3.8, 4) is 0 Å². The summed E-state index contributed by atoms with van der Waals surface area (Å²) in [4.78, 5) is 33.3. The Hall–Kier alpha value is -3.81. The summed E-state index contributed by atoms with van der Waals surface area (Å²) in [5.74, 6) is 0.396. The number of aromatic nitrogens is 2. The van der Waals surface area contributed by atoms with Gasteiger partial charge in [0.15, 0.2) is 12.0 Å². The predicted octanol–water partition coefficient (Wildman–Crippen LogP) is 2.46. The molecular formula is C22H22N6O2. The summed E-state index contributed by atoms with van der Waals surface area (Å²) in [5.41, 5.74) is 1.77. The largest absolute Gasteiger partial charge is 0.368 e. The predicted molar refractivity (Wildman–Crippen MR) is 118 cm³/mol. The first-order valence-electron chi connectivity index (χ1n) is 9.80. The maximum Gasteiger partial charge on any atom is 0.272 e. The van der Waals surface area contributed by atoms with E-state index in [1.54, 1.807) is 13.0 Å². The Morgan fingerprint density at radius 1 is 1.00 bits per heavy atom. The number of nitrogens with zero attached hydrogens (tertiary/aromatic N) is 3. The third-order valence-electron chi connectivity index (χ3n) is 4.85. The minimum absolute atomic E-state index is 0.216. The third-order valence-corrected chi connectivity index (χ3v) is 4.85. The summed E-state index contributed by atoms with van der Waals surface area (Å²) in [7, 11) is 0. The molecule has 0 bridgehead atoms. The van der Waals surface area contributed by atoms with Crippen LogP contribution in [0.3, 0.4) is 0 Å². The van der Waals surface area contributed by atoms with Crippen molar-refractivity contribution in [1.82, 2.24) is 15.5 Å². The minimum Gasteiger partial charge on any atom is -0.368 e. The van der Waals surface area contributed by atoms with Crippen LogP contribution in [0, 0.1) is 0 Å². The lowest BCUT2D eigenvalue weighted by Gasteiger charge is -2.09. The zero-order chi connectivity index (χ0) is 20.9. The van der Waals surface area contributed by atoms with E-state index in [0.29, 0.717) is 42.1 Å². The molecule has 3 N–H and O–H groups in total. The van der Waals surface area contributed by atoms with E-state index >= 15 is 0 Å². The molecule has 152 valence electrons. The molecule has 1 aliphatic heterocycles. The number of hydrogen-bond donors (Lipinski definition) is 3. The summed E-state index contributed by atoms with van der Waals surface area (Å²) in [6.45, 7) is 2.88. The Labute approximate surface area is 173 Å². The number of aliphatic imine (C=N–C) groups is 2. The minimum atomic E-state index is -0.354. The SMILES string of the molecule is CC1=NC(c2ccccc2)N=C1C(=O)NCCCNc1n[nH]c(=O)c2ccccc12. The third kappa shape index (κ3) is 4.12. The Kier molecular flexibility index (Phi) is 5.65. The van der Waals surface area contributed by atoms with Gasteiger partial charge in [-0.3, -0.25) is 14.6 Å². The fraction of sp³-hybridized carbons (Fsp3) is 0.227. The number of amides is 1. The lowest BCUT2D eigenvalue weighted by atomic mass is 10.2. The molecule has 1 unspecified atom stereocenters. The highest BCUT2D eigenvalue weighted by Crippen LogP contribution is 2.23. The Morgan fingerprint density at radius 2 is 1.73 bits per heavy atom. The summed E-state index contributed by atoms with van der Waals surface area (Å²) in [6.07, 6.45) is 0.333. The van der Waals surface area contributed by atoms with Gasteiger partial charge < -0.3 is 10.6 Å². The van der Waals surface area contributed by atoms with Gasteiger partial charge in [-0.15, -0.1) is 0 Å². The second-order valence-corrected chi connectivity index (χ2v) is 6.96. The standard InChI is InChI=1S/C22H22N6O2/c1-14-18(26-19(25-14)15-8-3-2-4-9-15)22(30)24-13-7-12-23-20-16-10-5-6-11-17(16)21(29)28-27-20/h2-6,8-11,19H,7,12-13H2,1H3,(H,23,27)(H,24,30)(H,28,29). The topological polar surface area (TPSA) is 112 Å². The number of benzene rings is 2. The van der Waals surface area contributed by atoms with E-state index in [-0.39, 0.29) is 17.6 Å². The van der Waals surface area contributed by atoms with E-state index in [4.69, 9.17) is 0 Å². The van der Waals surface area contributed by atoms with Crippen LogP contribution in [-0.2, 0) is 4.79 Å². The zero-order valence-electron chi connectivity index (χ0n) is 16.6. The molecule has 1 atom stereocenters. The number of H-pyrrole nitrogens is 1. The average Bonchev–Trinajstić information content (AvgIpc) is 3.17. The van der Waals surface area contributed by atoms with Gasteiger partial charge in [0.05, 0.1) is 11.1 Å². The first-order chi connectivity index (χ1) is 14.6. The van der Waals surface area contributed by atoms with Crippen molar-refractivity contribution < 1.29 is 4.79 Å². The molecule has 2 aromatic carbocycles. The molecule has 0 spiro atoms. The van der Waals surface area contributed by atoms with Crippen molar-refractivity contribution in [2.75, 3.05) is 18.4 Å². The van der Waals surface area contributed by atoms with Gasteiger partial charge in [0.2, 0.25) is 0 Å². The lowest BCUT2D eigenvalue weighted by Crippen LogP contribution is -2.35. The van der Waals surface area contributed by atoms with Crippen LogP contribution in [0.2, 0.25) is 0 Å². The zero-order valence-corrected chi connectivity index (χ0v) is 16.6. The molecule has 0 saturated heterocycles. The summed E-state index contributed by atoms with van der Waals surface area (Å²) < 4.78 is 0. The van der Waals surface area contributed by atoms with Crippen molar-refractivity contribution in [1.29, 1.82) is 0 Å². The van der Waals surface area contributed by atoms with Gasteiger partial charge in [-0.25, -0.2) is 10.1 Å². The molecule has 0 radical (unpaired) electrons. The van der Waals surface area contributed by atoms with E-state index in [9.17, 15) is 9.59 Å². The number of fused-ring (bicyclic) bond motifs is 1. The molecule has 2 heterocycles. The number of nitrogens with one attached hydrogen (secondary N) is 3. The molecular weight excluding hydrogens is 380 g/mol. The van der Waals surface area contributed by atoms with E-state index in [2.05, 4.69) is 30.8 Å². The fourth-order valence-corrected chi connectivity index (χ4v) is 3.32. The van der Waals surface area contributed by atoms with Crippen molar-refractivity contribution >= 4 is 33.9 Å². The van der Waals surface area contributed by atoms with E-state index in [1.165, 1.54) is 0 Å². The Bertz CT molecular complexity index is 1180. The highest BCUT2D eigenvalue weighted by atomic mass is 16.2. The smallest absolute Gasteiger partial charge is 0.272 e. The van der Waals surface area contributed by atoms with Crippen LogP contribution in [0.25, 0.3) is 10.8 Å². The molecule has 4 rings (SSSR count).